The molecule has 0 radical (unpaired) electrons. The molecule has 0 aliphatic carbocycles. The van der Waals surface area contributed by atoms with E-state index in [4.69, 9.17) is 5.11 Å². The molecule has 0 amide bonds. The predicted octanol–water partition coefficient (Wildman–Crippen LogP) is 1.92. The van der Waals surface area contributed by atoms with Gasteiger partial charge in [-0.15, -0.1) is 0 Å². The number of aromatic nitrogens is 1. The van der Waals surface area contributed by atoms with Gasteiger partial charge in [0.1, 0.15) is 6.54 Å². The molecule has 14 heavy (non-hydrogen) atoms. The summed E-state index contributed by atoms with van der Waals surface area (Å²) in [5, 5.41) is 9.06. The van der Waals surface area contributed by atoms with Crippen molar-refractivity contribution in [3.05, 3.63) is 30.6 Å². The zero-order valence-corrected chi connectivity index (χ0v) is 8.89. The molecule has 0 aliphatic rings. The molecule has 0 saturated heterocycles. The fourth-order valence-corrected chi connectivity index (χ4v) is 1.49. The maximum Gasteiger partial charge on any atom is 0.168 e. The minimum Gasteiger partial charge on any atom is -0.393 e. The highest BCUT2D eigenvalue weighted by Gasteiger charge is 1.99. The third kappa shape index (κ3) is 4.97. The minimum absolute atomic E-state index is 0.139. The lowest BCUT2D eigenvalue weighted by Gasteiger charge is -2.02. The van der Waals surface area contributed by atoms with Gasteiger partial charge in [-0.05, 0) is 19.8 Å². The van der Waals surface area contributed by atoms with Crippen molar-refractivity contribution < 1.29 is 9.67 Å². The molecular weight excluding hydrogens is 174 g/mol. The number of aliphatic hydroxyl groups excluding tert-OH is 1. The molecule has 2 heteroatoms. The number of nitrogens with zero attached hydrogens (tertiary/aromatic N) is 1. The molecule has 2 nitrogen and oxygen atoms in total. The maximum absolute atomic E-state index is 9.06. The van der Waals surface area contributed by atoms with Crippen LogP contribution >= 0.6 is 0 Å². The van der Waals surface area contributed by atoms with Gasteiger partial charge in [-0.1, -0.05) is 12.5 Å². The largest absolute Gasteiger partial charge is 0.393 e. The third-order valence-electron chi connectivity index (χ3n) is 2.32. The molecule has 1 atom stereocenters. The van der Waals surface area contributed by atoms with Crippen LogP contribution in [-0.2, 0) is 6.54 Å². The summed E-state index contributed by atoms with van der Waals surface area (Å²) in [5.41, 5.74) is 0. The van der Waals surface area contributed by atoms with Gasteiger partial charge in [0.05, 0.1) is 6.10 Å². The Kier molecular flexibility index (Phi) is 5.23. The minimum atomic E-state index is -0.139. The van der Waals surface area contributed by atoms with E-state index in [1.807, 2.05) is 13.0 Å². The number of aryl methyl sites for hydroxylation is 1. The van der Waals surface area contributed by atoms with E-state index in [1.54, 1.807) is 0 Å². The van der Waals surface area contributed by atoms with Crippen molar-refractivity contribution in [2.75, 3.05) is 0 Å². The third-order valence-corrected chi connectivity index (χ3v) is 2.32. The Morgan fingerprint density at radius 3 is 2.43 bits per heavy atom. The summed E-state index contributed by atoms with van der Waals surface area (Å²) in [7, 11) is 0. The number of hydrogen-bond donors (Lipinski definition) is 1. The lowest BCUT2D eigenvalue weighted by molar-refractivity contribution is -0.697. The van der Waals surface area contributed by atoms with E-state index in [0.717, 1.165) is 19.4 Å². The van der Waals surface area contributed by atoms with E-state index in [9.17, 15) is 0 Å². The fourth-order valence-electron chi connectivity index (χ4n) is 1.49. The fraction of sp³-hybridized carbons (Fsp3) is 0.583. The monoisotopic (exact) mass is 194 g/mol. The van der Waals surface area contributed by atoms with Gasteiger partial charge in [0.2, 0.25) is 0 Å². The van der Waals surface area contributed by atoms with Crippen LogP contribution in [0.15, 0.2) is 30.6 Å². The SMILES string of the molecule is CC(O)CCCCC[n+]1ccccc1. The van der Waals surface area contributed by atoms with Crippen molar-refractivity contribution in [2.45, 2.75) is 45.3 Å². The highest BCUT2D eigenvalue weighted by molar-refractivity contribution is 4.83. The Morgan fingerprint density at radius 2 is 1.79 bits per heavy atom. The van der Waals surface area contributed by atoms with Crippen molar-refractivity contribution >= 4 is 0 Å². The van der Waals surface area contributed by atoms with Gasteiger partial charge in [-0.2, -0.15) is 0 Å². The molecule has 0 fully saturated rings. The summed E-state index contributed by atoms with van der Waals surface area (Å²) in [6.07, 6.45) is 8.50. The quantitative estimate of drug-likeness (QED) is 0.543. The van der Waals surface area contributed by atoms with Gasteiger partial charge in [0.25, 0.3) is 0 Å². The first kappa shape index (κ1) is 11.2. The highest BCUT2D eigenvalue weighted by Crippen LogP contribution is 2.02. The van der Waals surface area contributed by atoms with Gasteiger partial charge >= 0.3 is 0 Å². The Labute approximate surface area is 86.2 Å². The van der Waals surface area contributed by atoms with Gasteiger partial charge in [0.15, 0.2) is 12.4 Å². The summed E-state index contributed by atoms with van der Waals surface area (Å²) >= 11 is 0. The van der Waals surface area contributed by atoms with Crippen LogP contribution < -0.4 is 4.57 Å². The molecule has 1 aromatic rings. The summed E-state index contributed by atoms with van der Waals surface area (Å²) in [6.45, 7) is 2.94. The molecule has 1 aromatic heterocycles. The van der Waals surface area contributed by atoms with E-state index in [0.29, 0.717) is 0 Å². The number of aliphatic hydroxyl groups is 1. The van der Waals surface area contributed by atoms with Crippen LogP contribution in [0.4, 0.5) is 0 Å². The van der Waals surface area contributed by atoms with Crippen molar-refractivity contribution in [3.63, 3.8) is 0 Å². The van der Waals surface area contributed by atoms with E-state index in [1.165, 1.54) is 12.8 Å². The second-order valence-corrected chi connectivity index (χ2v) is 3.81. The van der Waals surface area contributed by atoms with Gasteiger partial charge in [-0.3, -0.25) is 0 Å². The van der Waals surface area contributed by atoms with Crippen LogP contribution in [0.1, 0.15) is 32.6 Å². The van der Waals surface area contributed by atoms with E-state index in [2.05, 4.69) is 29.1 Å². The maximum atomic E-state index is 9.06. The Balaban J connectivity index is 2.05. The average molecular weight is 194 g/mol. The Hall–Kier alpha value is -0.890. The number of unbranched alkanes of at least 4 members (excludes halogenated alkanes) is 2. The Morgan fingerprint density at radius 1 is 1.07 bits per heavy atom. The Bertz CT molecular complexity index is 233. The van der Waals surface area contributed by atoms with Gasteiger partial charge in [-0.25, -0.2) is 4.57 Å². The second-order valence-electron chi connectivity index (χ2n) is 3.81. The van der Waals surface area contributed by atoms with Crippen LogP contribution in [0.3, 0.4) is 0 Å². The van der Waals surface area contributed by atoms with Crippen LogP contribution in [0.2, 0.25) is 0 Å². The summed E-state index contributed by atoms with van der Waals surface area (Å²) in [5.74, 6) is 0. The van der Waals surface area contributed by atoms with Crippen LogP contribution in [-0.4, -0.2) is 11.2 Å². The zero-order chi connectivity index (χ0) is 10.2. The molecule has 78 valence electrons. The van der Waals surface area contributed by atoms with Crippen molar-refractivity contribution in [1.29, 1.82) is 0 Å². The lowest BCUT2D eigenvalue weighted by atomic mass is 10.1. The molecular formula is C12H20NO+. The topological polar surface area (TPSA) is 24.1 Å². The number of pyridine rings is 1. The van der Waals surface area contributed by atoms with Crippen molar-refractivity contribution in [3.8, 4) is 0 Å². The number of hydrogen-bond acceptors (Lipinski definition) is 1. The van der Waals surface area contributed by atoms with Crippen LogP contribution in [0, 0.1) is 0 Å². The lowest BCUT2D eigenvalue weighted by Crippen LogP contribution is -2.32. The molecule has 1 rings (SSSR count). The summed E-state index contributed by atoms with van der Waals surface area (Å²) in [6, 6.07) is 6.13. The molecule has 0 saturated carbocycles. The standard InChI is InChI=1S/C12H20NO/c1-12(14)8-4-2-5-9-13-10-6-3-7-11-13/h3,6-7,10-12,14H,2,4-5,8-9H2,1H3/q+1. The van der Waals surface area contributed by atoms with E-state index >= 15 is 0 Å². The molecule has 0 aliphatic heterocycles. The highest BCUT2D eigenvalue weighted by atomic mass is 16.3. The normalized spacial score (nSPS) is 12.7. The molecule has 1 unspecified atom stereocenters. The zero-order valence-electron chi connectivity index (χ0n) is 8.89. The molecule has 1 heterocycles. The van der Waals surface area contributed by atoms with Crippen LogP contribution in [0.25, 0.3) is 0 Å². The van der Waals surface area contributed by atoms with E-state index < -0.39 is 0 Å². The van der Waals surface area contributed by atoms with E-state index in [-0.39, 0.29) is 6.10 Å². The molecule has 0 aromatic carbocycles. The van der Waals surface area contributed by atoms with Crippen molar-refractivity contribution in [1.82, 2.24) is 0 Å². The first-order chi connectivity index (χ1) is 6.79. The van der Waals surface area contributed by atoms with Gasteiger partial charge < -0.3 is 5.11 Å². The first-order valence-electron chi connectivity index (χ1n) is 5.41. The van der Waals surface area contributed by atoms with Crippen molar-refractivity contribution in [2.24, 2.45) is 0 Å². The smallest absolute Gasteiger partial charge is 0.168 e. The molecule has 0 spiro atoms. The van der Waals surface area contributed by atoms with Crippen LogP contribution in [0.5, 0.6) is 0 Å². The second kappa shape index (κ2) is 6.55. The molecule has 1 N–H and O–H groups in total. The summed E-state index contributed by atoms with van der Waals surface area (Å²) in [4.78, 5) is 0. The summed E-state index contributed by atoms with van der Waals surface area (Å²) < 4.78 is 2.20. The molecule has 0 bridgehead atoms. The van der Waals surface area contributed by atoms with Gasteiger partial charge in [0, 0.05) is 18.6 Å². The number of rotatable bonds is 6. The first-order valence-corrected chi connectivity index (χ1v) is 5.41. The predicted molar refractivity (Wildman–Crippen MR) is 56.8 cm³/mol. The average Bonchev–Trinajstić information content (AvgIpc) is 2.18.